The van der Waals surface area contributed by atoms with Crippen LogP contribution in [0.1, 0.15) is 25.0 Å². The van der Waals surface area contributed by atoms with Crippen molar-refractivity contribution in [2.75, 3.05) is 20.3 Å². The van der Waals surface area contributed by atoms with Gasteiger partial charge < -0.3 is 10.5 Å². The molecule has 4 heteroatoms. The first kappa shape index (κ1) is 15.1. The summed E-state index contributed by atoms with van der Waals surface area (Å²) < 4.78 is 5.14. The number of thiocarbonyl (C=S) groups is 1. The molecule has 2 N–H and O–H groups in total. The summed E-state index contributed by atoms with van der Waals surface area (Å²) in [6, 6.07) is 8.59. The van der Waals surface area contributed by atoms with Gasteiger partial charge >= 0.3 is 0 Å². The van der Waals surface area contributed by atoms with Gasteiger partial charge in [0, 0.05) is 31.8 Å². The maximum absolute atomic E-state index is 5.65. The van der Waals surface area contributed by atoms with Crippen molar-refractivity contribution in [1.29, 1.82) is 0 Å². The van der Waals surface area contributed by atoms with Crippen molar-refractivity contribution in [2.45, 2.75) is 26.4 Å². The zero-order valence-corrected chi connectivity index (χ0v) is 12.2. The third-order valence-electron chi connectivity index (χ3n) is 2.91. The van der Waals surface area contributed by atoms with Crippen LogP contribution in [0.2, 0.25) is 0 Å². The molecule has 0 aliphatic heterocycles. The molecule has 0 aliphatic carbocycles. The highest BCUT2D eigenvalue weighted by Gasteiger charge is 2.10. The van der Waals surface area contributed by atoms with Crippen LogP contribution in [0.3, 0.4) is 0 Å². The number of nitrogens with zero attached hydrogens (tertiary/aromatic N) is 1. The Morgan fingerprint density at radius 1 is 1.44 bits per heavy atom. The van der Waals surface area contributed by atoms with Gasteiger partial charge in [-0.2, -0.15) is 0 Å². The van der Waals surface area contributed by atoms with E-state index in [-0.39, 0.29) is 0 Å². The Hall–Kier alpha value is -0.970. The van der Waals surface area contributed by atoms with Gasteiger partial charge in [0.25, 0.3) is 0 Å². The van der Waals surface area contributed by atoms with Crippen LogP contribution in [0.4, 0.5) is 0 Å². The molecule has 18 heavy (non-hydrogen) atoms. The van der Waals surface area contributed by atoms with Gasteiger partial charge in [0.05, 0.1) is 6.61 Å². The van der Waals surface area contributed by atoms with E-state index in [9.17, 15) is 0 Å². The average molecular weight is 266 g/mol. The van der Waals surface area contributed by atoms with Crippen molar-refractivity contribution in [3.05, 3.63) is 35.4 Å². The van der Waals surface area contributed by atoms with Gasteiger partial charge in [0.15, 0.2) is 0 Å². The van der Waals surface area contributed by atoms with Crippen LogP contribution in [0.5, 0.6) is 0 Å². The topological polar surface area (TPSA) is 38.5 Å². The third kappa shape index (κ3) is 4.72. The molecule has 0 amide bonds. The summed E-state index contributed by atoms with van der Waals surface area (Å²) in [7, 11) is 1.73. The van der Waals surface area contributed by atoms with E-state index in [4.69, 9.17) is 22.7 Å². The number of hydrogen-bond donors (Lipinski definition) is 1. The molecule has 0 heterocycles. The molecule has 0 fully saturated rings. The molecule has 0 bridgehead atoms. The smallest absolute Gasteiger partial charge is 0.103 e. The van der Waals surface area contributed by atoms with Gasteiger partial charge in [-0.15, -0.1) is 0 Å². The van der Waals surface area contributed by atoms with Crippen LogP contribution in [-0.2, 0) is 11.3 Å². The Morgan fingerprint density at radius 3 is 2.72 bits per heavy atom. The van der Waals surface area contributed by atoms with Gasteiger partial charge in [0.2, 0.25) is 0 Å². The number of benzene rings is 1. The molecule has 0 aliphatic rings. The van der Waals surface area contributed by atoms with Crippen LogP contribution in [0, 0.1) is 0 Å². The monoisotopic (exact) mass is 266 g/mol. The predicted molar refractivity (Wildman–Crippen MR) is 79.8 cm³/mol. The van der Waals surface area contributed by atoms with E-state index in [1.807, 2.05) is 12.1 Å². The predicted octanol–water partition coefficient (Wildman–Crippen LogP) is 2.18. The summed E-state index contributed by atoms with van der Waals surface area (Å²) in [5, 5.41) is 0. The van der Waals surface area contributed by atoms with Crippen molar-refractivity contribution in [2.24, 2.45) is 5.73 Å². The van der Waals surface area contributed by atoms with E-state index in [1.54, 1.807) is 7.11 Å². The fraction of sp³-hybridized carbons (Fsp3) is 0.500. The lowest BCUT2D eigenvalue weighted by Crippen LogP contribution is -2.33. The van der Waals surface area contributed by atoms with Crippen LogP contribution >= 0.6 is 12.2 Å². The first-order valence-corrected chi connectivity index (χ1v) is 6.57. The summed E-state index contributed by atoms with van der Waals surface area (Å²) in [5.41, 5.74) is 7.81. The van der Waals surface area contributed by atoms with Crippen LogP contribution in [0.15, 0.2) is 24.3 Å². The standard InChI is InChI=1S/C14H22N2OS/c1-11(2)16(7-8-17-3)10-12-5-4-6-13(9-12)14(15)18/h4-6,9,11H,7-8,10H2,1-3H3,(H2,15,18). The molecule has 0 aromatic heterocycles. The molecule has 0 saturated heterocycles. The third-order valence-corrected chi connectivity index (χ3v) is 3.15. The highest BCUT2D eigenvalue weighted by molar-refractivity contribution is 7.80. The van der Waals surface area contributed by atoms with E-state index in [1.165, 1.54) is 5.56 Å². The second kappa shape index (κ2) is 7.46. The zero-order chi connectivity index (χ0) is 13.5. The van der Waals surface area contributed by atoms with E-state index in [2.05, 4.69) is 30.9 Å². The Kier molecular flexibility index (Phi) is 6.25. The Bertz CT molecular complexity index is 393. The van der Waals surface area contributed by atoms with Gasteiger partial charge in [-0.1, -0.05) is 30.4 Å². The normalized spacial score (nSPS) is 11.2. The lowest BCUT2D eigenvalue weighted by molar-refractivity contribution is 0.125. The fourth-order valence-electron chi connectivity index (χ4n) is 1.79. The minimum absolute atomic E-state index is 0.449. The highest BCUT2D eigenvalue weighted by Crippen LogP contribution is 2.10. The van der Waals surface area contributed by atoms with E-state index in [0.29, 0.717) is 11.0 Å². The average Bonchev–Trinajstić information content (AvgIpc) is 2.34. The number of nitrogens with two attached hydrogens (primary N) is 1. The minimum Gasteiger partial charge on any atom is -0.389 e. The van der Waals surface area contributed by atoms with E-state index >= 15 is 0 Å². The minimum atomic E-state index is 0.449. The fourth-order valence-corrected chi connectivity index (χ4v) is 1.91. The largest absolute Gasteiger partial charge is 0.389 e. The van der Waals surface area contributed by atoms with Gasteiger partial charge in [-0.05, 0) is 25.5 Å². The van der Waals surface area contributed by atoms with Crippen molar-refractivity contribution in [3.63, 3.8) is 0 Å². The SMILES string of the molecule is COCCN(Cc1cccc(C(N)=S)c1)C(C)C. The number of methoxy groups -OCH3 is 1. The second-order valence-electron chi connectivity index (χ2n) is 4.62. The number of hydrogen-bond acceptors (Lipinski definition) is 3. The summed E-state index contributed by atoms with van der Waals surface area (Å²) in [6.45, 7) is 6.93. The number of rotatable bonds is 7. The highest BCUT2D eigenvalue weighted by atomic mass is 32.1. The van der Waals surface area contributed by atoms with Gasteiger partial charge in [-0.25, -0.2) is 0 Å². The molecule has 0 spiro atoms. The Balaban J connectivity index is 2.73. The molecule has 1 rings (SSSR count). The van der Waals surface area contributed by atoms with Crippen LogP contribution < -0.4 is 5.73 Å². The Labute approximate surface area is 115 Å². The summed E-state index contributed by atoms with van der Waals surface area (Å²) in [6.07, 6.45) is 0. The summed E-state index contributed by atoms with van der Waals surface area (Å²) in [5.74, 6) is 0. The van der Waals surface area contributed by atoms with E-state index < -0.39 is 0 Å². The maximum atomic E-state index is 5.65. The molecule has 100 valence electrons. The molecule has 1 aromatic rings. The first-order valence-electron chi connectivity index (χ1n) is 6.16. The molecule has 0 radical (unpaired) electrons. The molecule has 1 aromatic carbocycles. The van der Waals surface area contributed by atoms with Gasteiger partial charge in [-0.3, -0.25) is 4.90 Å². The zero-order valence-electron chi connectivity index (χ0n) is 11.3. The second-order valence-corrected chi connectivity index (χ2v) is 5.06. The molecular weight excluding hydrogens is 244 g/mol. The van der Waals surface area contributed by atoms with Crippen molar-refractivity contribution in [3.8, 4) is 0 Å². The van der Waals surface area contributed by atoms with Crippen molar-refractivity contribution >= 4 is 17.2 Å². The molecule has 3 nitrogen and oxygen atoms in total. The van der Waals surface area contributed by atoms with E-state index in [0.717, 1.165) is 25.3 Å². The summed E-state index contributed by atoms with van der Waals surface area (Å²) >= 11 is 5.00. The lowest BCUT2D eigenvalue weighted by Gasteiger charge is -2.26. The first-order chi connectivity index (χ1) is 8.54. The van der Waals surface area contributed by atoms with Gasteiger partial charge in [0.1, 0.15) is 4.99 Å². The van der Waals surface area contributed by atoms with Crippen LogP contribution in [-0.4, -0.2) is 36.2 Å². The van der Waals surface area contributed by atoms with Crippen molar-refractivity contribution < 1.29 is 4.74 Å². The lowest BCUT2D eigenvalue weighted by atomic mass is 10.1. The maximum Gasteiger partial charge on any atom is 0.103 e. The molecule has 0 atom stereocenters. The van der Waals surface area contributed by atoms with Crippen LogP contribution in [0.25, 0.3) is 0 Å². The Morgan fingerprint density at radius 2 is 2.17 bits per heavy atom. The molecule has 0 unspecified atom stereocenters. The molecule has 0 saturated carbocycles. The number of ether oxygens (including phenoxy) is 1. The molecular formula is C14H22N2OS. The summed E-state index contributed by atoms with van der Waals surface area (Å²) in [4.78, 5) is 2.81. The van der Waals surface area contributed by atoms with Crippen molar-refractivity contribution in [1.82, 2.24) is 4.90 Å². The quantitative estimate of drug-likeness (QED) is 0.768.